The Bertz CT molecular complexity index is 1070. The second-order valence-electron chi connectivity index (χ2n) is 8.19. The molecule has 13 heteroatoms. The summed E-state index contributed by atoms with van der Waals surface area (Å²) in [4.78, 5) is 30.0. The van der Waals surface area contributed by atoms with Gasteiger partial charge >= 0.3 is 5.57 Å². The molecule has 1 saturated heterocycles. The van der Waals surface area contributed by atoms with Gasteiger partial charge in [0.2, 0.25) is 6.04 Å². The molecule has 1 aliphatic heterocycles. The third kappa shape index (κ3) is 5.62. The number of aromatic nitrogens is 1. The third-order valence-corrected chi connectivity index (χ3v) is 5.86. The van der Waals surface area contributed by atoms with E-state index in [1.165, 1.54) is 30.5 Å². The summed E-state index contributed by atoms with van der Waals surface area (Å²) in [6.07, 6.45) is 2.52. The van der Waals surface area contributed by atoms with Crippen LogP contribution in [0.2, 0.25) is 0 Å². The van der Waals surface area contributed by atoms with Crippen LogP contribution >= 0.6 is 11.6 Å². The van der Waals surface area contributed by atoms with Gasteiger partial charge in [-0.05, 0) is 43.2 Å². The van der Waals surface area contributed by atoms with E-state index >= 15 is 0 Å². The molecule has 2 aromatic rings. The zero-order valence-corrected chi connectivity index (χ0v) is 18.5. The number of nitrogens with zero attached hydrogens (tertiary/aromatic N) is 3. The van der Waals surface area contributed by atoms with Crippen LogP contribution in [0.3, 0.4) is 0 Å². The number of nitrogens with one attached hydrogen (secondary N) is 2. The van der Waals surface area contributed by atoms with Crippen molar-refractivity contribution in [3.05, 3.63) is 52.2 Å². The predicted octanol–water partition coefficient (Wildman–Crippen LogP) is 3.29. The maximum absolute atomic E-state index is 12.8. The summed E-state index contributed by atoms with van der Waals surface area (Å²) in [5.41, 5.74) is -2.87. The largest absolute Gasteiger partial charge is 0.487 e. The van der Waals surface area contributed by atoms with E-state index in [-0.39, 0.29) is 16.2 Å². The maximum atomic E-state index is 12.8. The number of rotatable bonds is 8. The molecule has 1 saturated carbocycles. The molecular weight excluding hydrogens is 476 g/mol. The molecule has 0 spiro atoms. The van der Waals surface area contributed by atoms with Gasteiger partial charge in [0, 0.05) is 47.9 Å². The lowest BCUT2D eigenvalue weighted by Gasteiger charge is -2.32. The molecule has 1 amide bonds. The number of pyridine rings is 1. The number of anilines is 3. The first-order chi connectivity index (χ1) is 16.1. The lowest BCUT2D eigenvalue weighted by atomic mass is 9.86. The molecule has 0 bridgehead atoms. The van der Waals surface area contributed by atoms with E-state index in [0.717, 1.165) is 0 Å². The molecule has 3 unspecified atom stereocenters. The molecule has 1 aliphatic carbocycles. The summed E-state index contributed by atoms with van der Waals surface area (Å²) in [6.45, 7) is 0.930. The average molecular weight is 498 g/mol. The zero-order valence-electron chi connectivity index (χ0n) is 17.8. The summed E-state index contributed by atoms with van der Waals surface area (Å²) >= 11 is 4.74. The van der Waals surface area contributed by atoms with Gasteiger partial charge in [-0.1, -0.05) is 0 Å². The smallest absolute Gasteiger partial charge is 0.420 e. The maximum Gasteiger partial charge on any atom is 0.487 e. The normalized spacial score (nSPS) is 22.1. The quantitative estimate of drug-likeness (QED) is 0.288. The van der Waals surface area contributed by atoms with Gasteiger partial charge in [-0.25, -0.2) is 4.98 Å². The van der Waals surface area contributed by atoms with Crippen LogP contribution in [0.5, 0.6) is 5.75 Å². The minimum absolute atomic E-state index is 0.177. The second kappa shape index (κ2) is 9.55. The molecule has 2 fully saturated rings. The van der Waals surface area contributed by atoms with Crippen LogP contribution in [0.15, 0.2) is 36.5 Å². The van der Waals surface area contributed by atoms with Gasteiger partial charge in [-0.3, -0.25) is 14.9 Å². The highest BCUT2D eigenvalue weighted by atomic mass is 35.5. The third-order valence-electron chi connectivity index (χ3n) is 5.79. The van der Waals surface area contributed by atoms with Crippen molar-refractivity contribution in [1.29, 1.82) is 0 Å². The molecule has 1 aromatic carbocycles. The molecule has 182 valence electrons. The average Bonchev–Trinajstić information content (AvgIpc) is 3.17. The minimum atomic E-state index is -3.85. The van der Waals surface area contributed by atoms with E-state index in [4.69, 9.17) is 11.6 Å². The Morgan fingerprint density at radius 1 is 1.29 bits per heavy atom. The molecule has 2 aliphatic rings. The van der Waals surface area contributed by atoms with Crippen molar-refractivity contribution in [1.82, 2.24) is 4.98 Å². The van der Waals surface area contributed by atoms with Crippen molar-refractivity contribution in [2.75, 3.05) is 28.6 Å². The highest BCUT2D eigenvalue weighted by molar-refractivity contribution is 6.20. The van der Waals surface area contributed by atoms with Gasteiger partial charge in [0.05, 0.1) is 23.4 Å². The van der Waals surface area contributed by atoms with Crippen molar-refractivity contribution in [3.8, 4) is 5.75 Å². The van der Waals surface area contributed by atoms with Crippen LogP contribution < -0.4 is 20.3 Å². The Labute approximate surface area is 198 Å². The standard InChI is InChI=1S/C21H22ClF2N5O5/c22-21(23,24)34-15-3-1-13(2-4-15)26-20(31)12-9-17(27-16-5-6-18(16)29(32)33)19(25-10-12)28-8-7-14(30)11-28/h1-4,9-10,14,16,18,27,30H,5-8,11H2,(H,26,31). The van der Waals surface area contributed by atoms with Gasteiger partial charge in [-0.2, -0.15) is 0 Å². The SMILES string of the molecule is O=C(Nc1ccc(OC(F)(F)Cl)cc1)c1cnc(N2CCC(O)C2)c(NC2CCC2[N+](=O)[O-])c1. The Balaban J connectivity index is 1.52. The van der Waals surface area contributed by atoms with Crippen LogP contribution in [-0.2, 0) is 0 Å². The van der Waals surface area contributed by atoms with E-state index in [1.54, 1.807) is 6.07 Å². The Morgan fingerprint density at radius 2 is 2.03 bits per heavy atom. The molecule has 3 N–H and O–H groups in total. The van der Waals surface area contributed by atoms with Crippen LogP contribution in [0, 0.1) is 10.1 Å². The van der Waals surface area contributed by atoms with Gasteiger partial charge in [0.15, 0.2) is 5.82 Å². The molecule has 2 heterocycles. The molecule has 1 aromatic heterocycles. The first kappa shape index (κ1) is 23.9. The summed E-state index contributed by atoms with van der Waals surface area (Å²) in [6, 6.07) is 5.64. The number of hydrogen-bond donors (Lipinski definition) is 3. The molecule has 3 atom stereocenters. The lowest BCUT2D eigenvalue weighted by Crippen LogP contribution is -2.48. The van der Waals surface area contributed by atoms with E-state index in [2.05, 4.69) is 20.4 Å². The number of carbonyl (C=O) groups excluding carboxylic acids is 1. The van der Waals surface area contributed by atoms with Gasteiger partial charge in [0.1, 0.15) is 5.75 Å². The van der Waals surface area contributed by atoms with E-state index in [1.807, 2.05) is 4.90 Å². The van der Waals surface area contributed by atoms with Crippen molar-refractivity contribution in [3.63, 3.8) is 0 Å². The highest BCUT2D eigenvalue weighted by Gasteiger charge is 2.41. The zero-order chi connectivity index (χ0) is 24.5. The number of amides is 1. The number of ether oxygens (including phenoxy) is 1. The Kier molecular flexibility index (Phi) is 6.71. The van der Waals surface area contributed by atoms with Crippen LogP contribution in [0.25, 0.3) is 0 Å². The minimum Gasteiger partial charge on any atom is -0.420 e. The molecular formula is C21H22ClF2N5O5. The summed E-state index contributed by atoms with van der Waals surface area (Å²) in [7, 11) is 0. The number of carbonyl (C=O) groups is 1. The van der Waals surface area contributed by atoms with Crippen LogP contribution in [-0.4, -0.2) is 57.8 Å². The van der Waals surface area contributed by atoms with Crippen LogP contribution in [0.1, 0.15) is 29.6 Å². The molecule has 0 radical (unpaired) electrons. The molecule has 34 heavy (non-hydrogen) atoms. The fourth-order valence-electron chi connectivity index (χ4n) is 3.92. The summed E-state index contributed by atoms with van der Waals surface area (Å²) < 4.78 is 29.7. The second-order valence-corrected chi connectivity index (χ2v) is 8.63. The van der Waals surface area contributed by atoms with E-state index in [0.29, 0.717) is 49.5 Å². The fraction of sp³-hybridized carbons (Fsp3) is 0.429. The van der Waals surface area contributed by atoms with E-state index in [9.17, 15) is 28.8 Å². The van der Waals surface area contributed by atoms with Crippen LogP contribution in [0.4, 0.5) is 26.0 Å². The van der Waals surface area contributed by atoms with Gasteiger partial charge < -0.3 is 25.4 Å². The number of nitro groups is 1. The molecule has 10 nitrogen and oxygen atoms in total. The number of halogens is 3. The summed E-state index contributed by atoms with van der Waals surface area (Å²) in [5, 5.41) is 26.9. The summed E-state index contributed by atoms with van der Waals surface area (Å²) in [5.74, 6) is -0.186. The number of alkyl halides is 3. The lowest BCUT2D eigenvalue weighted by molar-refractivity contribution is -0.537. The predicted molar refractivity (Wildman–Crippen MR) is 120 cm³/mol. The Morgan fingerprint density at radius 3 is 2.59 bits per heavy atom. The highest BCUT2D eigenvalue weighted by Crippen LogP contribution is 2.33. The fourth-order valence-corrected chi connectivity index (χ4v) is 4.01. The number of aliphatic hydroxyl groups is 1. The number of aliphatic hydroxyl groups excluding tert-OH is 1. The first-order valence-electron chi connectivity index (χ1n) is 10.6. The number of β-amino-alcohol motifs (C(OH)–C–C–N with tert-alkyl or cyclic N) is 1. The monoisotopic (exact) mass is 497 g/mol. The van der Waals surface area contributed by atoms with E-state index < -0.39 is 29.7 Å². The molecule has 4 rings (SSSR count). The van der Waals surface area contributed by atoms with Crippen molar-refractivity contribution < 1.29 is 28.3 Å². The van der Waals surface area contributed by atoms with Crippen molar-refractivity contribution >= 4 is 34.7 Å². The Hall–Kier alpha value is -3.25. The van der Waals surface area contributed by atoms with Gasteiger partial charge in [0.25, 0.3) is 5.91 Å². The number of hydrogen-bond acceptors (Lipinski definition) is 8. The number of benzene rings is 1. The van der Waals surface area contributed by atoms with Gasteiger partial charge in [-0.15, -0.1) is 8.78 Å². The van der Waals surface area contributed by atoms with Crippen molar-refractivity contribution in [2.45, 2.75) is 43.0 Å². The topological polar surface area (TPSA) is 130 Å². The first-order valence-corrected chi connectivity index (χ1v) is 11.0. The van der Waals surface area contributed by atoms with Crippen molar-refractivity contribution in [2.24, 2.45) is 0 Å².